The number of rotatable bonds is 4. The molecule has 0 saturated heterocycles. The molecule has 17 heavy (non-hydrogen) atoms. The number of benzene rings is 1. The van der Waals surface area contributed by atoms with Gasteiger partial charge in [0.1, 0.15) is 5.82 Å². The highest BCUT2D eigenvalue weighted by Crippen LogP contribution is 2.18. The molecule has 96 valence electrons. The van der Waals surface area contributed by atoms with E-state index in [9.17, 15) is 17.6 Å². The predicted molar refractivity (Wildman–Crippen MR) is 56.9 cm³/mol. The Bertz CT molecular complexity index is 365. The normalized spacial score (nSPS) is 14.1. The molecular formula is C11H14F4N2. The monoisotopic (exact) mass is 250 g/mol. The molecule has 2 nitrogen and oxygen atoms in total. The van der Waals surface area contributed by atoms with Gasteiger partial charge in [0.2, 0.25) is 0 Å². The van der Waals surface area contributed by atoms with Gasteiger partial charge in [-0.05, 0) is 24.7 Å². The quantitative estimate of drug-likeness (QED) is 0.831. The molecule has 2 N–H and O–H groups in total. The van der Waals surface area contributed by atoms with E-state index in [-0.39, 0.29) is 6.54 Å². The van der Waals surface area contributed by atoms with Crippen molar-refractivity contribution in [2.75, 3.05) is 20.1 Å². The summed E-state index contributed by atoms with van der Waals surface area (Å²) in [5.74, 6) is -0.448. The van der Waals surface area contributed by atoms with Gasteiger partial charge < -0.3 is 5.73 Å². The molecule has 0 aromatic heterocycles. The van der Waals surface area contributed by atoms with Crippen LogP contribution in [-0.2, 0) is 0 Å². The first kappa shape index (κ1) is 13.9. The third-order valence-electron chi connectivity index (χ3n) is 2.23. The van der Waals surface area contributed by atoms with Crippen LogP contribution in [0.2, 0.25) is 0 Å². The van der Waals surface area contributed by atoms with Crippen molar-refractivity contribution in [3.05, 3.63) is 35.6 Å². The summed E-state index contributed by atoms with van der Waals surface area (Å²) in [4.78, 5) is 1.07. The number of likely N-dealkylation sites (N-methyl/N-ethyl adjacent to an activating group) is 1. The molecule has 0 saturated carbocycles. The van der Waals surface area contributed by atoms with Crippen LogP contribution in [0.25, 0.3) is 0 Å². The Kier molecular flexibility index (Phi) is 4.47. The molecule has 1 atom stereocenters. The van der Waals surface area contributed by atoms with E-state index in [1.165, 1.54) is 25.2 Å². The fourth-order valence-corrected chi connectivity index (χ4v) is 1.55. The first-order valence-electron chi connectivity index (χ1n) is 5.04. The molecule has 1 aromatic rings. The minimum absolute atomic E-state index is 0.0168. The smallest absolute Gasteiger partial charge is 0.323 e. The number of hydrogen-bond acceptors (Lipinski definition) is 2. The van der Waals surface area contributed by atoms with Crippen LogP contribution < -0.4 is 5.73 Å². The van der Waals surface area contributed by atoms with E-state index in [0.29, 0.717) is 5.56 Å². The first-order valence-corrected chi connectivity index (χ1v) is 5.04. The van der Waals surface area contributed by atoms with E-state index in [1.54, 1.807) is 6.07 Å². The van der Waals surface area contributed by atoms with Gasteiger partial charge in [-0.25, -0.2) is 4.39 Å². The van der Waals surface area contributed by atoms with Crippen LogP contribution in [0.15, 0.2) is 24.3 Å². The van der Waals surface area contributed by atoms with E-state index in [1.807, 2.05) is 0 Å². The van der Waals surface area contributed by atoms with Crippen LogP contribution in [0.3, 0.4) is 0 Å². The Hall–Kier alpha value is -1.14. The summed E-state index contributed by atoms with van der Waals surface area (Å²) in [5.41, 5.74) is 6.19. The van der Waals surface area contributed by atoms with Crippen molar-refractivity contribution in [3.63, 3.8) is 0 Å². The van der Waals surface area contributed by atoms with Gasteiger partial charge in [-0.15, -0.1) is 0 Å². The second-order valence-electron chi connectivity index (χ2n) is 3.97. The SMILES string of the molecule is CN(CC(N)c1cccc(F)c1)CC(F)(F)F. The predicted octanol–water partition coefficient (Wildman–Crippen LogP) is 2.32. The molecule has 0 bridgehead atoms. The lowest BCUT2D eigenvalue weighted by Gasteiger charge is -2.22. The highest BCUT2D eigenvalue weighted by atomic mass is 19.4. The summed E-state index contributed by atoms with van der Waals surface area (Å²) >= 11 is 0. The lowest BCUT2D eigenvalue weighted by Crippen LogP contribution is -2.36. The molecule has 0 aliphatic carbocycles. The molecule has 0 aliphatic rings. The molecule has 6 heteroatoms. The van der Waals surface area contributed by atoms with E-state index in [0.717, 1.165) is 4.90 Å². The fraction of sp³-hybridized carbons (Fsp3) is 0.455. The number of hydrogen-bond donors (Lipinski definition) is 1. The molecular weight excluding hydrogens is 236 g/mol. The largest absolute Gasteiger partial charge is 0.401 e. The molecule has 1 unspecified atom stereocenters. The zero-order chi connectivity index (χ0) is 13.1. The lowest BCUT2D eigenvalue weighted by atomic mass is 10.1. The van der Waals surface area contributed by atoms with E-state index in [4.69, 9.17) is 5.73 Å². The van der Waals surface area contributed by atoms with Gasteiger partial charge in [0.05, 0.1) is 6.54 Å². The van der Waals surface area contributed by atoms with Crippen LogP contribution in [0.1, 0.15) is 11.6 Å². The highest BCUT2D eigenvalue weighted by molar-refractivity contribution is 5.20. The Morgan fingerprint density at radius 1 is 1.35 bits per heavy atom. The van der Waals surface area contributed by atoms with Gasteiger partial charge in [-0.2, -0.15) is 13.2 Å². The lowest BCUT2D eigenvalue weighted by molar-refractivity contribution is -0.143. The third kappa shape index (κ3) is 5.14. The van der Waals surface area contributed by atoms with Crippen molar-refractivity contribution < 1.29 is 17.6 Å². The molecule has 0 spiro atoms. The van der Waals surface area contributed by atoms with Crippen molar-refractivity contribution in [1.29, 1.82) is 0 Å². The molecule has 0 heterocycles. The summed E-state index contributed by atoms with van der Waals surface area (Å²) in [5, 5.41) is 0. The summed E-state index contributed by atoms with van der Waals surface area (Å²) in [6.45, 7) is -1.01. The third-order valence-corrected chi connectivity index (χ3v) is 2.23. The fourth-order valence-electron chi connectivity index (χ4n) is 1.55. The van der Waals surface area contributed by atoms with E-state index in [2.05, 4.69) is 0 Å². The van der Waals surface area contributed by atoms with Crippen molar-refractivity contribution >= 4 is 0 Å². The van der Waals surface area contributed by atoms with E-state index >= 15 is 0 Å². The summed E-state index contributed by atoms with van der Waals surface area (Å²) in [6, 6.07) is 4.92. The van der Waals surface area contributed by atoms with Crippen molar-refractivity contribution in [3.8, 4) is 0 Å². The van der Waals surface area contributed by atoms with Gasteiger partial charge in [0.15, 0.2) is 0 Å². The van der Waals surface area contributed by atoms with E-state index < -0.39 is 24.6 Å². The minimum atomic E-state index is -4.25. The van der Waals surface area contributed by atoms with Crippen LogP contribution in [0.5, 0.6) is 0 Å². The zero-order valence-electron chi connectivity index (χ0n) is 9.34. The maximum Gasteiger partial charge on any atom is 0.401 e. The van der Waals surface area contributed by atoms with Gasteiger partial charge >= 0.3 is 6.18 Å². The van der Waals surface area contributed by atoms with Crippen LogP contribution in [-0.4, -0.2) is 31.2 Å². The molecule has 0 aliphatic heterocycles. The average molecular weight is 250 g/mol. The topological polar surface area (TPSA) is 29.3 Å². The molecule has 0 fully saturated rings. The number of nitrogens with two attached hydrogens (primary N) is 1. The maximum atomic E-state index is 12.9. The van der Waals surface area contributed by atoms with Crippen LogP contribution >= 0.6 is 0 Å². The van der Waals surface area contributed by atoms with Crippen LogP contribution in [0, 0.1) is 5.82 Å². The van der Waals surface area contributed by atoms with Crippen molar-refractivity contribution in [2.45, 2.75) is 12.2 Å². The Morgan fingerprint density at radius 2 is 2.00 bits per heavy atom. The zero-order valence-corrected chi connectivity index (χ0v) is 9.34. The van der Waals surface area contributed by atoms with Gasteiger partial charge in [-0.3, -0.25) is 4.90 Å². The van der Waals surface area contributed by atoms with Gasteiger partial charge in [0, 0.05) is 12.6 Å². The van der Waals surface area contributed by atoms with Crippen molar-refractivity contribution in [1.82, 2.24) is 4.90 Å². The molecule has 0 radical (unpaired) electrons. The summed E-state index contributed by atoms with van der Waals surface area (Å²) < 4.78 is 49.1. The Balaban J connectivity index is 2.57. The second kappa shape index (κ2) is 5.46. The summed E-state index contributed by atoms with van der Waals surface area (Å²) in [7, 11) is 1.33. The van der Waals surface area contributed by atoms with Gasteiger partial charge in [-0.1, -0.05) is 12.1 Å². The van der Waals surface area contributed by atoms with Crippen LogP contribution in [0.4, 0.5) is 17.6 Å². The van der Waals surface area contributed by atoms with Gasteiger partial charge in [0.25, 0.3) is 0 Å². The minimum Gasteiger partial charge on any atom is -0.323 e. The van der Waals surface area contributed by atoms with Crippen molar-refractivity contribution in [2.24, 2.45) is 5.73 Å². The number of nitrogens with zero attached hydrogens (tertiary/aromatic N) is 1. The maximum absolute atomic E-state index is 12.9. The Labute approximate surface area is 97.0 Å². The first-order chi connectivity index (χ1) is 7.78. The molecule has 1 aromatic carbocycles. The molecule has 1 rings (SSSR count). The highest BCUT2D eigenvalue weighted by Gasteiger charge is 2.29. The number of alkyl halides is 3. The number of halogens is 4. The molecule has 0 amide bonds. The standard InChI is InChI=1S/C11H14F4N2/c1-17(7-11(13,14)15)6-10(16)8-3-2-4-9(12)5-8/h2-5,10H,6-7,16H2,1H3. The average Bonchev–Trinajstić information content (AvgIpc) is 2.14. The second-order valence-corrected chi connectivity index (χ2v) is 3.97. The Morgan fingerprint density at radius 3 is 2.53 bits per heavy atom. The summed E-state index contributed by atoms with van der Waals surface area (Å²) in [6.07, 6.45) is -4.25.